The number of allylic oxidation sites excluding steroid dienone is 2. The van der Waals surface area contributed by atoms with E-state index in [2.05, 4.69) is 11.4 Å². The molecule has 1 fully saturated rings. The zero-order valence-corrected chi connectivity index (χ0v) is 13.1. The summed E-state index contributed by atoms with van der Waals surface area (Å²) in [6.45, 7) is 2.77. The van der Waals surface area contributed by atoms with Crippen LogP contribution in [0.3, 0.4) is 0 Å². The number of nitrogens with one attached hydrogen (secondary N) is 1. The molecule has 118 valence electrons. The van der Waals surface area contributed by atoms with Gasteiger partial charge in [0.25, 0.3) is 0 Å². The largest absolute Gasteiger partial charge is 0.350 e. The maximum Gasteiger partial charge on any atom is 0.239 e. The second-order valence-electron chi connectivity index (χ2n) is 5.69. The van der Waals surface area contributed by atoms with E-state index in [1.807, 2.05) is 43.3 Å². The summed E-state index contributed by atoms with van der Waals surface area (Å²) < 4.78 is 0. The first-order valence-electron chi connectivity index (χ1n) is 7.91. The maximum absolute atomic E-state index is 12.2. The number of unbranched alkanes of at least 4 members (excludes halogenated alkanes) is 1. The van der Waals surface area contributed by atoms with Gasteiger partial charge < -0.3 is 10.2 Å². The normalized spacial score (nSPS) is 18.5. The van der Waals surface area contributed by atoms with Crippen LogP contribution in [0.4, 0.5) is 0 Å². The van der Waals surface area contributed by atoms with Gasteiger partial charge in [0.15, 0.2) is 0 Å². The van der Waals surface area contributed by atoms with Gasteiger partial charge in [0, 0.05) is 13.0 Å². The Balaban J connectivity index is 1.87. The molecule has 4 heteroatoms. The van der Waals surface area contributed by atoms with Crippen LogP contribution in [0, 0.1) is 0 Å². The van der Waals surface area contributed by atoms with E-state index in [0.717, 1.165) is 19.3 Å². The lowest BCUT2D eigenvalue weighted by Crippen LogP contribution is -2.56. The molecular formula is C18H24N2O2. The summed E-state index contributed by atoms with van der Waals surface area (Å²) in [4.78, 5) is 25.8. The highest BCUT2D eigenvalue weighted by molar-refractivity contribution is 5.86. The van der Waals surface area contributed by atoms with Crippen molar-refractivity contribution in [2.24, 2.45) is 0 Å². The number of amides is 2. The molecule has 1 saturated heterocycles. The van der Waals surface area contributed by atoms with E-state index in [4.69, 9.17) is 0 Å². The van der Waals surface area contributed by atoms with Gasteiger partial charge in [0.1, 0.15) is 0 Å². The molecule has 1 N–H and O–H groups in total. The molecule has 0 aromatic heterocycles. The minimum Gasteiger partial charge on any atom is -0.350 e. The summed E-state index contributed by atoms with van der Waals surface area (Å²) in [5, 5.41) is 2.98. The number of hydrogen-bond donors (Lipinski definition) is 1. The monoisotopic (exact) mass is 300 g/mol. The molecular weight excluding hydrogens is 276 g/mol. The van der Waals surface area contributed by atoms with Crippen molar-refractivity contribution < 1.29 is 9.59 Å². The van der Waals surface area contributed by atoms with Crippen LogP contribution in [-0.4, -0.2) is 35.8 Å². The fraction of sp³-hybridized carbons (Fsp3) is 0.444. The Bertz CT molecular complexity index is 525. The Morgan fingerprint density at radius 3 is 2.86 bits per heavy atom. The highest BCUT2D eigenvalue weighted by atomic mass is 16.2. The lowest BCUT2D eigenvalue weighted by atomic mass is 10.0. The summed E-state index contributed by atoms with van der Waals surface area (Å²) in [5.74, 6) is 0.0198. The molecule has 1 atom stereocenters. The second kappa shape index (κ2) is 8.37. The van der Waals surface area contributed by atoms with Crippen LogP contribution in [0.25, 0.3) is 0 Å². The minimum atomic E-state index is -0.0611. The van der Waals surface area contributed by atoms with Gasteiger partial charge in [-0.15, -0.1) is 0 Å². The zero-order valence-electron chi connectivity index (χ0n) is 13.1. The van der Waals surface area contributed by atoms with Crippen LogP contribution >= 0.6 is 0 Å². The van der Waals surface area contributed by atoms with Gasteiger partial charge in [-0.3, -0.25) is 9.59 Å². The Hall–Kier alpha value is -2.10. The molecule has 1 aliphatic heterocycles. The van der Waals surface area contributed by atoms with Crippen LogP contribution in [0.1, 0.15) is 31.7 Å². The van der Waals surface area contributed by atoms with E-state index in [0.29, 0.717) is 13.0 Å². The lowest BCUT2D eigenvalue weighted by Gasteiger charge is -2.33. The van der Waals surface area contributed by atoms with Crippen LogP contribution in [0.2, 0.25) is 0 Å². The second-order valence-corrected chi connectivity index (χ2v) is 5.69. The Morgan fingerprint density at radius 1 is 1.36 bits per heavy atom. The van der Waals surface area contributed by atoms with Crippen molar-refractivity contribution in [3.63, 3.8) is 0 Å². The zero-order chi connectivity index (χ0) is 15.8. The van der Waals surface area contributed by atoms with E-state index < -0.39 is 0 Å². The van der Waals surface area contributed by atoms with Crippen LogP contribution in [0.15, 0.2) is 42.5 Å². The van der Waals surface area contributed by atoms with Gasteiger partial charge in [-0.25, -0.2) is 0 Å². The van der Waals surface area contributed by atoms with Crippen molar-refractivity contribution in [3.05, 3.63) is 48.0 Å². The number of nitrogens with zero attached hydrogens (tertiary/aromatic N) is 1. The van der Waals surface area contributed by atoms with Gasteiger partial charge in [-0.1, -0.05) is 42.5 Å². The fourth-order valence-electron chi connectivity index (χ4n) is 2.72. The standard InChI is InChI=1S/C18H24N2O2/c1-2-3-4-8-11-18(22)20-13-16(19-17(21)14-20)12-15-9-6-5-7-10-15/h2-3,5-7,9-10,16H,4,8,11-14H2,1H3,(H,19,21)/b3-2+/t16-/m0/s1. The van der Waals surface area contributed by atoms with E-state index in [1.54, 1.807) is 4.90 Å². The molecule has 4 nitrogen and oxygen atoms in total. The summed E-state index contributed by atoms with van der Waals surface area (Å²) >= 11 is 0. The predicted molar refractivity (Wildman–Crippen MR) is 87.3 cm³/mol. The topological polar surface area (TPSA) is 49.4 Å². The Labute approximate surface area is 132 Å². The highest BCUT2D eigenvalue weighted by Crippen LogP contribution is 2.10. The third-order valence-electron chi connectivity index (χ3n) is 3.82. The maximum atomic E-state index is 12.2. The number of benzene rings is 1. The number of hydrogen-bond acceptors (Lipinski definition) is 2. The van der Waals surface area contributed by atoms with Crippen LogP contribution in [-0.2, 0) is 16.0 Å². The number of piperazine rings is 1. The van der Waals surface area contributed by atoms with Crippen LogP contribution < -0.4 is 5.32 Å². The first-order valence-corrected chi connectivity index (χ1v) is 7.91. The predicted octanol–water partition coefficient (Wildman–Crippen LogP) is 2.30. The molecule has 1 heterocycles. The quantitative estimate of drug-likeness (QED) is 0.647. The fourth-order valence-corrected chi connectivity index (χ4v) is 2.72. The van der Waals surface area contributed by atoms with Gasteiger partial charge in [0.05, 0.1) is 12.6 Å². The van der Waals surface area contributed by atoms with Gasteiger partial charge in [-0.2, -0.15) is 0 Å². The average molecular weight is 300 g/mol. The SMILES string of the molecule is C/C=C/CCCC(=O)N1CC(=O)N[C@@H](Cc2ccccc2)C1. The molecule has 2 amide bonds. The molecule has 1 aromatic rings. The third-order valence-corrected chi connectivity index (χ3v) is 3.82. The smallest absolute Gasteiger partial charge is 0.239 e. The third kappa shape index (κ3) is 5.02. The summed E-state index contributed by atoms with van der Waals surface area (Å²) in [6, 6.07) is 10.1. The minimum absolute atomic E-state index is 0.00291. The number of rotatable bonds is 6. The molecule has 0 unspecified atom stereocenters. The molecule has 22 heavy (non-hydrogen) atoms. The molecule has 0 bridgehead atoms. The Kier molecular flexibility index (Phi) is 6.19. The number of carbonyl (C=O) groups excluding carboxylic acids is 2. The van der Waals surface area contributed by atoms with Crippen molar-refractivity contribution in [3.8, 4) is 0 Å². The molecule has 0 spiro atoms. The summed E-state index contributed by atoms with van der Waals surface area (Å²) in [7, 11) is 0. The van der Waals surface area contributed by atoms with Gasteiger partial charge in [0.2, 0.25) is 11.8 Å². The number of carbonyl (C=O) groups is 2. The van der Waals surface area contributed by atoms with Crippen molar-refractivity contribution in [2.45, 2.75) is 38.6 Å². The highest BCUT2D eigenvalue weighted by Gasteiger charge is 2.27. The van der Waals surface area contributed by atoms with Crippen molar-refractivity contribution in [1.29, 1.82) is 0 Å². The van der Waals surface area contributed by atoms with E-state index in [1.165, 1.54) is 5.56 Å². The lowest BCUT2D eigenvalue weighted by molar-refractivity contribution is -0.139. The summed E-state index contributed by atoms with van der Waals surface area (Å²) in [5.41, 5.74) is 1.18. The van der Waals surface area contributed by atoms with Crippen LogP contribution in [0.5, 0.6) is 0 Å². The molecule has 1 aromatic carbocycles. The molecule has 0 radical (unpaired) electrons. The average Bonchev–Trinajstić information content (AvgIpc) is 2.52. The van der Waals surface area contributed by atoms with Crippen molar-refractivity contribution in [2.75, 3.05) is 13.1 Å². The Morgan fingerprint density at radius 2 is 2.14 bits per heavy atom. The summed E-state index contributed by atoms with van der Waals surface area (Å²) in [6.07, 6.45) is 7.08. The van der Waals surface area contributed by atoms with Gasteiger partial charge >= 0.3 is 0 Å². The van der Waals surface area contributed by atoms with Crippen molar-refractivity contribution in [1.82, 2.24) is 10.2 Å². The first-order chi connectivity index (χ1) is 10.7. The van der Waals surface area contributed by atoms with E-state index >= 15 is 0 Å². The first kappa shape index (κ1) is 16.3. The van der Waals surface area contributed by atoms with Gasteiger partial charge in [-0.05, 0) is 31.7 Å². The molecule has 0 saturated carbocycles. The molecule has 2 rings (SSSR count). The molecule has 0 aliphatic carbocycles. The molecule has 1 aliphatic rings. The van der Waals surface area contributed by atoms with Crippen molar-refractivity contribution >= 4 is 11.8 Å². The van der Waals surface area contributed by atoms with E-state index in [9.17, 15) is 9.59 Å². The van der Waals surface area contributed by atoms with E-state index in [-0.39, 0.29) is 24.4 Å².